The molecule has 0 aliphatic carbocycles. The van der Waals surface area contributed by atoms with Crippen molar-refractivity contribution in [3.8, 4) is 22.9 Å². The molecule has 1 unspecified atom stereocenters. The lowest BCUT2D eigenvalue weighted by Gasteiger charge is -2.10. The Labute approximate surface area is 161 Å². The average Bonchev–Trinajstić information content (AvgIpc) is 3.18. The van der Waals surface area contributed by atoms with Crippen molar-refractivity contribution in [1.82, 2.24) is 15.5 Å². The maximum atomic E-state index is 12.4. The first-order chi connectivity index (χ1) is 13.0. The van der Waals surface area contributed by atoms with E-state index in [0.29, 0.717) is 33.5 Å². The summed E-state index contributed by atoms with van der Waals surface area (Å²) in [5, 5.41) is 7.14. The fourth-order valence-electron chi connectivity index (χ4n) is 2.49. The van der Waals surface area contributed by atoms with Gasteiger partial charge < -0.3 is 19.3 Å². The fourth-order valence-corrected chi connectivity index (χ4v) is 2.71. The molecule has 3 rings (SSSR count). The van der Waals surface area contributed by atoms with E-state index in [1.807, 2.05) is 0 Å². The Hall–Kier alpha value is -3.06. The number of nitrogens with one attached hydrogen (secondary N) is 1. The lowest BCUT2D eigenvalue weighted by molar-refractivity contribution is 0.0932. The van der Waals surface area contributed by atoms with Gasteiger partial charge in [-0.2, -0.15) is 4.98 Å². The predicted molar refractivity (Wildman–Crippen MR) is 100 cm³/mol. The minimum absolute atomic E-state index is 0.278. The van der Waals surface area contributed by atoms with Gasteiger partial charge in [0.25, 0.3) is 5.91 Å². The van der Waals surface area contributed by atoms with Crippen molar-refractivity contribution in [2.45, 2.75) is 13.0 Å². The molecule has 3 aromatic rings. The highest BCUT2D eigenvalue weighted by Crippen LogP contribution is 2.31. The molecular formula is C19H18ClN3O4. The Balaban J connectivity index is 1.77. The highest BCUT2D eigenvalue weighted by molar-refractivity contribution is 6.33. The molecule has 7 nitrogen and oxygen atoms in total. The Morgan fingerprint density at radius 1 is 1.15 bits per heavy atom. The molecule has 8 heteroatoms. The van der Waals surface area contributed by atoms with Crippen LogP contribution in [0.25, 0.3) is 11.4 Å². The highest BCUT2D eigenvalue weighted by Gasteiger charge is 2.20. The standard InChI is InChI=1S/C19H18ClN3O4/c1-11(21-18(24)13-6-4-5-7-14(13)20)19-22-17(23-27-19)12-8-9-15(25-2)16(10-12)26-3/h4-11H,1-3H3,(H,21,24). The molecule has 0 saturated carbocycles. The SMILES string of the molecule is COc1ccc(-c2noc(C(C)NC(=O)c3ccccc3Cl)n2)cc1OC. The molecule has 1 atom stereocenters. The number of hydrogen-bond donors (Lipinski definition) is 1. The molecule has 1 amide bonds. The van der Waals surface area contributed by atoms with Crippen LogP contribution in [0.1, 0.15) is 29.2 Å². The second-order valence-corrected chi connectivity index (χ2v) is 6.11. The first kappa shape index (κ1) is 18.7. The van der Waals surface area contributed by atoms with Crippen molar-refractivity contribution < 1.29 is 18.8 Å². The van der Waals surface area contributed by atoms with Crippen molar-refractivity contribution in [2.24, 2.45) is 0 Å². The third-order valence-electron chi connectivity index (χ3n) is 3.92. The van der Waals surface area contributed by atoms with E-state index in [2.05, 4.69) is 15.5 Å². The summed E-state index contributed by atoms with van der Waals surface area (Å²) in [5.41, 5.74) is 1.08. The zero-order chi connectivity index (χ0) is 19.4. The normalized spacial score (nSPS) is 11.7. The predicted octanol–water partition coefficient (Wildman–Crippen LogP) is 3.90. The minimum Gasteiger partial charge on any atom is -0.493 e. The quantitative estimate of drug-likeness (QED) is 0.690. The number of amides is 1. The smallest absolute Gasteiger partial charge is 0.253 e. The van der Waals surface area contributed by atoms with Crippen LogP contribution in [0.4, 0.5) is 0 Å². The Morgan fingerprint density at radius 3 is 2.59 bits per heavy atom. The van der Waals surface area contributed by atoms with Crippen LogP contribution in [-0.4, -0.2) is 30.3 Å². The van der Waals surface area contributed by atoms with Gasteiger partial charge in [-0.3, -0.25) is 4.79 Å². The van der Waals surface area contributed by atoms with Gasteiger partial charge in [-0.05, 0) is 37.3 Å². The number of carbonyl (C=O) groups excluding carboxylic acids is 1. The van der Waals surface area contributed by atoms with Crippen molar-refractivity contribution in [2.75, 3.05) is 14.2 Å². The molecule has 1 aromatic heterocycles. The summed E-state index contributed by atoms with van der Waals surface area (Å²) in [6, 6.07) is 11.6. The van der Waals surface area contributed by atoms with E-state index < -0.39 is 6.04 Å². The number of halogens is 1. The summed E-state index contributed by atoms with van der Waals surface area (Å²) in [6.07, 6.45) is 0. The van der Waals surface area contributed by atoms with Gasteiger partial charge in [0.1, 0.15) is 6.04 Å². The average molecular weight is 388 g/mol. The number of nitrogens with zero attached hydrogens (tertiary/aromatic N) is 2. The van der Waals surface area contributed by atoms with Crippen LogP contribution < -0.4 is 14.8 Å². The van der Waals surface area contributed by atoms with Crippen molar-refractivity contribution >= 4 is 17.5 Å². The van der Waals surface area contributed by atoms with E-state index in [9.17, 15) is 4.79 Å². The fraction of sp³-hybridized carbons (Fsp3) is 0.211. The summed E-state index contributed by atoms with van der Waals surface area (Å²) in [7, 11) is 3.11. The van der Waals surface area contributed by atoms with Gasteiger partial charge in [0.2, 0.25) is 11.7 Å². The number of rotatable bonds is 6. The van der Waals surface area contributed by atoms with Crippen LogP contribution in [0.2, 0.25) is 5.02 Å². The summed E-state index contributed by atoms with van der Waals surface area (Å²) < 4.78 is 15.8. The number of benzene rings is 2. The third kappa shape index (κ3) is 4.03. The van der Waals surface area contributed by atoms with Crippen LogP contribution in [0, 0.1) is 0 Å². The molecule has 140 valence electrons. The zero-order valence-electron chi connectivity index (χ0n) is 15.0. The summed E-state index contributed by atoms with van der Waals surface area (Å²) >= 11 is 6.05. The molecule has 0 spiro atoms. The second kappa shape index (κ2) is 8.09. The van der Waals surface area contributed by atoms with Gasteiger partial charge in [-0.25, -0.2) is 0 Å². The molecule has 0 saturated heterocycles. The highest BCUT2D eigenvalue weighted by atomic mass is 35.5. The van der Waals surface area contributed by atoms with Gasteiger partial charge in [-0.1, -0.05) is 28.9 Å². The molecule has 0 fully saturated rings. The van der Waals surface area contributed by atoms with E-state index >= 15 is 0 Å². The lowest BCUT2D eigenvalue weighted by Crippen LogP contribution is -2.27. The van der Waals surface area contributed by atoms with Crippen LogP contribution in [-0.2, 0) is 0 Å². The van der Waals surface area contributed by atoms with Gasteiger partial charge in [-0.15, -0.1) is 0 Å². The molecule has 27 heavy (non-hydrogen) atoms. The van der Waals surface area contributed by atoms with Crippen LogP contribution in [0.3, 0.4) is 0 Å². The minimum atomic E-state index is -0.491. The van der Waals surface area contributed by atoms with E-state index in [4.69, 9.17) is 25.6 Å². The molecule has 1 N–H and O–H groups in total. The Bertz CT molecular complexity index is 958. The van der Waals surface area contributed by atoms with Gasteiger partial charge >= 0.3 is 0 Å². The molecule has 0 aliphatic heterocycles. The Morgan fingerprint density at radius 2 is 1.89 bits per heavy atom. The van der Waals surface area contributed by atoms with E-state index in [1.54, 1.807) is 63.6 Å². The van der Waals surface area contributed by atoms with Crippen LogP contribution in [0.15, 0.2) is 47.0 Å². The topological polar surface area (TPSA) is 86.5 Å². The van der Waals surface area contributed by atoms with Gasteiger partial charge in [0.05, 0.1) is 24.8 Å². The Kier molecular flexibility index (Phi) is 5.61. The molecule has 1 heterocycles. The number of hydrogen-bond acceptors (Lipinski definition) is 6. The van der Waals surface area contributed by atoms with Crippen LogP contribution in [0.5, 0.6) is 11.5 Å². The van der Waals surface area contributed by atoms with Crippen molar-refractivity contribution in [1.29, 1.82) is 0 Å². The van der Waals surface area contributed by atoms with Crippen molar-refractivity contribution in [3.63, 3.8) is 0 Å². The first-order valence-corrected chi connectivity index (χ1v) is 8.52. The second-order valence-electron chi connectivity index (χ2n) is 5.70. The third-order valence-corrected chi connectivity index (χ3v) is 4.25. The number of aromatic nitrogens is 2. The zero-order valence-corrected chi connectivity index (χ0v) is 15.8. The molecule has 0 radical (unpaired) electrons. The first-order valence-electron chi connectivity index (χ1n) is 8.15. The number of methoxy groups -OCH3 is 2. The number of carbonyl (C=O) groups is 1. The van der Waals surface area contributed by atoms with Crippen molar-refractivity contribution in [3.05, 3.63) is 58.9 Å². The van der Waals surface area contributed by atoms with Gasteiger partial charge in [0.15, 0.2) is 11.5 Å². The van der Waals surface area contributed by atoms with E-state index in [-0.39, 0.29) is 11.8 Å². The monoisotopic (exact) mass is 387 g/mol. The summed E-state index contributed by atoms with van der Waals surface area (Å²) in [6.45, 7) is 1.75. The van der Waals surface area contributed by atoms with E-state index in [1.165, 1.54) is 0 Å². The summed E-state index contributed by atoms with van der Waals surface area (Å²) in [5.74, 6) is 1.50. The summed E-state index contributed by atoms with van der Waals surface area (Å²) in [4.78, 5) is 16.7. The van der Waals surface area contributed by atoms with Crippen LogP contribution >= 0.6 is 11.6 Å². The maximum absolute atomic E-state index is 12.4. The molecule has 2 aromatic carbocycles. The molecular weight excluding hydrogens is 370 g/mol. The number of ether oxygens (including phenoxy) is 2. The lowest BCUT2D eigenvalue weighted by atomic mass is 10.2. The maximum Gasteiger partial charge on any atom is 0.253 e. The molecule has 0 bridgehead atoms. The van der Waals surface area contributed by atoms with Gasteiger partial charge in [0, 0.05) is 5.56 Å². The largest absolute Gasteiger partial charge is 0.493 e. The molecule has 0 aliphatic rings. The van der Waals surface area contributed by atoms with E-state index in [0.717, 1.165) is 0 Å².